The predicted octanol–water partition coefficient (Wildman–Crippen LogP) is 5.37. The van der Waals surface area contributed by atoms with E-state index in [0.717, 1.165) is 29.4 Å². The molecule has 0 fully saturated rings. The predicted molar refractivity (Wildman–Crippen MR) is 97.9 cm³/mol. The van der Waals surface area contributed by atoms with Gasteiger partial charge < -0.3 is 10.6 Å². The Balaban J connectivity index is 2.90. The molecule has 2 N–H and O–H groups in total. The minimum Gasteiger partial charge on any atom is -0.371 e. The molecule has 0 bridgehead atoms. The van der Waals surface area contributed by atoms with E-state index in [2.05, 4.69) is 66.7 Å². The number of halogens is 1. The van der Waals surface area contributed by atoms with Gasteiger partial charge in [0.2, 0.25) is 0 Å². The van der Waals surface area contributed by atoms with Crippen molar-refractivity contribution < 1.29 is 0 Å². The summed E-state index contributed by atoms with van der Waals surface area (Å²) in [7, 11) is 0. The summed E-state index contributed by atoms with van der Waals surface area (Å²) in [5.41, 5.74) is 8.44. The highest BCUT2D eigenvalue weighted by Gasteiger charge is 2.13. The molecule has 1 rings (SSSR count). The molecule has 0 aliphatic heterocycles. The molecular weight excluding hydrogens is 324 g/mol. The van der Waals surface area contributed by atoms with Gasteiger partial charge in [-0.15, -0.1) is 0 Å². The van der Waals surface area contributed by atoms with Crippen LogP contribution in [0.15, 0.2) is 22.7 Å². The molecule has 3 heteroatoms. The molecule has 0 heterocycles. The summed E-state index contributed by atoms with van der Waals surface area (Å²) in [5, 5.41) is 0. The summed E-state index contributed by atoms with van der Waals surface area (Å²) in [5.74, 6) is 1.46. The van der Waals surface area contributed by atoms with Crippen LogP contribution >= 0.6 is 15.9 Å². The molecule has 1 aromatic rings. The molecule has 0 saturated heterocycles. The molecule has 21 heavy (non-hydrogen) atoms. The second kappa shape index (κ2) is 8.79. The lowest BCUT2D eigenvalue weighted by atomic mass is 10.1. The monoisotopic (exact) mass is 354 g/mol. The van der Waals surface area contributed by atoms with Crippen molar-refractivity contribution in [2.45, 2.75) is 53.5 Å². The summed E-state index contributed by atoms with van der Waals surface area (Å²) in [4.78, 5) is 2.51. The molecule has 0 radical (unpaired) electrons. The largest absolute Gasteiger partial charge is 0.371 e. The third-order valence-corrected chi connectivity index (χ3v) is 4.43. The smallest absolute Gasteiger partial charge is 0.0510 e. The van der Waals surface area contributed by atoms with E-state index in [-0.39, 0.29) is 6.04 Å². The van der Waals surface area contributed by atoms with Crippen LogP contribution in [-0.2, 0) is 0 Å². The number of benzene rings is 1. The number of nitrogens with zero attached hydrogens (tertiary/aromatic N) is 1. The topological polar surface area (TPSA) is 29.3 Å². The zero-order chi connectivity index (χ0) is 16.0. The quantitative estimate of drug-likeness (QED) is 0.679. The number of hydrogen-bond donors (Lipinski definition) is 1. The Hall–Kier alpha value is -0.540. The molecule has 0 spiro atoms. The van der Waals surface area contributed by atoms with Crippen LogP contribution in [0.5, 0.6) is 0 Å². The Morgan fingerprint density at radius 1 is 1.00 bits per heavy atom. The average molecular weight is 355 g/mol. The third-order valence-electron chi connectivity index (χ3n) is 3.79. The molecule has 1 unspecified atom stereocenters. The Kier molecular flexibility index (Phi) is 7.75. The van der Waals surface area contributed by atoms with Crippen LogP contribution < -0.4 is 10.6 Å². The molecule has 0 aliphatic carbocycles. The van der Waals surface area contributed by atoms with Crippen LogP contribution in [0, 0.1) is 11.8 Å². The maximum Gasteiger partial charge on any atom is 0.0510 e. The fourth-order valence-electron chi connectivity index (χ4n) is 2.24. The van der Waals surface area contributed by atoms with Crippen LogP contribution in [-0.4, -0.2) is 13.1 Å². The van der Waals surface area contributed by atoms with Gasteiger partial charge in [0.25, 0.3) is 0 Å². The first kappa shape index (κ1) is 18.5. The normalized spacial score (nSPS) is 13.0. The van der Waals surface area contributed by atoms with Gasteiger partial charge in [-0.2, -0.15) is 0 Å². The lowest BCUT2D eigenvalue weighted by molar-refractivity contribution is 0.535. The van der Waals surface area contributed by atoms with Crippen LogP contribution in [0.1, 0.15) is 59.1 Å². The van der Waals surface area contributed by atoms with Gasteiger partial charge in [0.15, 0.2) is 0 Å². The summed E-state index contributed by atoms with van der Waals surface area (Å²) >= 11 is 3.73. The Morgan fingerprint density at radius 2 is 1.52 bits per heavy atom. The fourth-order valence-corrected chi connectivity index (χ4v) is 2.89. The van der Waals surface area contributed by atoms with Gasteiger partial charge in [0, 0.05) is 23.6 Å². The van der Waals surface area contributed by atoms with Crippen molar-refractivity contribution in [3.63, 3.8) is 0 Å². The van der Waals surface area contributed by atoms with Gasteiger partial charge in [-0.25, -0.2) is 0 Å². The van der Waals surface area contributed by atoms with E-state index in [1.165, 1.54) is 24.1 Å². The lowest BCUT2D eigenvalue weighted by Crippen LogP contribution is -2.28. The minimum atomic E-state index is 0.0788. The Labute approximate surface area is 139 Å². The Bertz CT molecular complexity index is 415. The van der Waals surface area contributed by atoms with Crippen molar-refractivity contribution in [1.29, 1.82) is 0 Å². The van der Waals surface area contributed by atoms with Crippen molar-refractivity contribution in [1.82, 2.24) is 0 Å². The van der Waals surface area contributed by atoms with Crippen LogP contribution in [0.2, 0.25) is 0 Å². The van der Waals surface area contributed by atoms with Crippen molar-refractivity contribution >= 4 is 21.6 Å². The van der Waals surface area contributed by atoms with Crippen LogP contribution in [0.3, 0.4) is 0 Å². The number of anilines is 1. The lowest BCUT2D eigenvalue weighted by Gasteiger charge is -2.28. The SMILES string of the molecule is CC(C)CCN(CCC(C)C)c1ccc(C(C)N)cc1Br. The van der Waals surface area contributed by atoms with E-state index in [9.17, 15) is 0 Å². The zero-order valence-corrected chi connectivity index (χ0v) is 15.8. The second-order valence-electron chi connectivity index (χ2n) is 6.85. The highest BCUT2D eigenvalue weighted by atomic mass is 79.9. The van der Waals surface area contributed by atoms with E-state index in [4.69, 9.17) is 5.73 Å². The van der Waals surface area contributed by atoms with Gasteiger partial charge in [0.05, 0.1) is 5.69 Å². The molecule has 0 saturated carbocycles. The highest BCUT2D eigenvalue weighted by molar-refractivity contribution is 9.10. The minimum absolute atomic E-state index is 0.0788. The third kappa shape index (κ3) is 6.39. The van der Waals surface area contributed by atoms with E-state index in [1.54, 1.807) is 0 Å². The van der Waals surface area contributed by atoms with Gasteiger partial charge in [-0.3, -0.25) is 0 Å². The standard InChI is InChI=1S/C18H31BrN2/c1-13(2)8-10-21(11-9-14(3)4)18-7-6-16(15(5)20)12-17(18)19/h6-7,12-15H,8-11,20H2,1-5H3. The number of nitrogens with two attached hydrogens (primary N) is 1. The van der Waals surface area contributed by atoms with Gasteiger partial charge >= 0.3 is 0 Å². The molecular formula is C18H31BrN2. The van der Waals surface area contributed by atoms with E-state index >= 15 is 0 Å². The molecule has 1 aromatic carbocycles. The molecule has 1 atom stereocenters. The fraction of sp³-hybridized carbons (Fsp3) is 0.667. The molecule has 0 aliphatic rings. The number of hydrogen-bond acceptors (Lipinski definition) is 2. The van der Waals surface area contributed by atoms with Crippen molar-refractivity contribution in [3.05, 3.63) is 28.2 Å². The second-order valence-corrected chi connectivity index (χ2v) is 7.71. The summed E-state index contributed by atoms with van der Waals surface area (Å²) < 4.78 is 1.16. The summed E-state index contributed by atoms with van der Waals surface area (Å²) in [6.07, 6.45) is 2.44. The van der Waals surface area contributed by atoms with Crippen molar-refractivity contribution in [2.75, 3.05) is 18.0 Å². The first-order chi connectivity index (χ1) is 9.81. The van der Waals surface area contributed by atoms with Gasteiger partial charge in [-0.1, -0.05) is 33.8 Å². The van der Waals surface area contributed by atoms with Gasteiger partial charge in [-0.05, 0) is 65.2 Å². The highest BCUT2D eigenvalue weighted by Crippen LogP contribution is 2.30. The van der Waals surface area contributed by atoms with E-state index in [0.29, 0.717) is 0 Å². The summed E-state index contributed by atoms with van der Waals surface area (Å²) in [6.45, 7) is 13.4. The maximum atomic E-state index is 5.97. The molecule has 2 nitrogen and oxygen atoms in total. The van der Waals surface area contributed by atoms with Crippen molar-refractivity contribution in [2.24, 2.45) is 17.6 Å². The molecule has 0 amide bonds. The number of rotatable bonds is 8. The first-order valence-electron chi connectivity index (χ1n) is 8.11. The Morgan fingerprint density at radius 3 is 1.90 bits per heavy atom. The van der Waals surface area contributed by atoms with Crippen molar-refractivity contribution in [3.8, 4) is 0 Å². The molecule has 0 aromatic heterocycles. The first-order valence-corrected chi connectivity index (χ1v) is 8.90. The molecule has 120 valence electrons. The maximum absolute atomic E-state index is 5.97. The zero-order valence-electron chi connectivity index (χ0n) is 14.2. The average Bonchev–Trinajstić information content (AvgIpc) is 2.38. The summed E-state index contributed by atoms with van der Waals surface area (Å²) in [6, 6.07) is 6.61. The van der Waals surface area contributed by atoms with Crippen LogP contribution in [0.25, 0.3) is 0 Å². The van der Waals surface area contributed by atoms with E-state index < -0.39 is 0 Å². The van der Waals surface area contributed by atoms with E-state index in [1.807, 2.05) is 6.92 Å². The van der Waals surface area contributed by atoms with Crippen LogP contribution in [0.4, 0.5) is 5.69 Å². The van der Waals surface area contributed by atoms with Gasteiger partial charge in [0.1, 0.15) is 0 Å².